The fourth-order valence-electron chi connectivity index (χ4n) is 2.89. The predicted octanol–water partition coefficient (Wildman–Crippen LogP) is 4.64. The van der Waals surface area contributed by atoms with Crippen LogP contribution in [0.15, 0.2) is 48.7 Å². The van der Waals surface area contributed by atoms with E-state index in [1.165, 1.54) is 10.6 Å². The maximum atomic E-state index is 12.9. The van der Waals surface area contributed by atoms with Crippen molar-refractivity contribution in [2.75, 3.05) is 5.32 Å². The van der Waals surface area contributed by atoms with E-state index in [1.807, 2.05) is 26.0 Å². The first-order valence-corrected chi connectivity index (χ1v) is 8.23. The van der Waals surface area contributed by atoms with Gasteiger partial charge in [-0.25, -0.2) is 0 Å². The number of nitrogens with one attached hydrogen (secondary N) is 1. The summed E-state index contributed by atoms with van der Waals surface area (Å²) in [4.78, 5) is 24.1. The highest BCUT2D eigenvalue weighted by Gasteiger charge is 2.40. The summed E-state index contributed by atoms with van der Waals surface area (Å²) in [7, 11) is 0. The van der Waals surface area contributed by atoms with Gasteiger partial charge in [0.15, 0.2) is 0 Å². The van der Waals surface area contributed by atoms with Crippen LogP contribution < -0.4 is 5.32 Å². The van der Waals surface area contributed by atoms with Crippen LogP contribution in [0.25, 0.3) is 10.9 Å². The normalized spacial score (nSPS) is 11.6. The van der Waals surface area contributed by atoms with Crippen LogP contribution in [0.5, 0.6) is 0 Å². The van der Waals surface area contributed by atoms with Crippen molar-refractivity contribution in [1.29, 1.82) is 0 Å². The molecule has 0 aliphatic rings. The van der Waals surface area contributed by atoms with Gasteiger partial charge in [0.1, 0.15) is 6.54 Å². The standard InChI is InChI=1S/C20H17F3N2O2/c1-12-7-8-14(9-13(12)2)24-18(26)11-25-10-16(19(27)20(21,22)23)15-5-3-4-6-17(15)25/h3-10H,11H2,1-2H3,(H,24,26). The fraction of sp³-hybridized carbons (Fsp3) is 0.200. The second-order valence-electron chi connectivity index (χ2n) is 6.36. The summed E-state index contributed by atoms with van der Waals surface area (Å²) < 4.78 is 39.9. The van der Waals surface area contributed by atoms with Gasteiger partial charge in [0.2, 0.25) is 5.91 Å². The first-order chi connectivity index (χ1) is 12.7. The van der Waals surface area contributed by atoms with Crippen LogP contribution >= 0.6 is 0 Å². The van der Waals surface area contributed by atoms with Crippen molar-refractivity contribution < 1.29 is 22.8 Å². The monoisotopic (exact) mass is 374 g/mol. The van der Waals surface area contributed by atoms with Gasteiger partial charge in [-0.1, -0.05) is 24.3 Å². The van der Waals surface area contributed by atoms with Crippen LogP contribution in [0.2, 0.25) is 0 Å². The third-order valence-electron chi connectivity index (χ3n) is 4.40. The molecule has 7 heteroatoms. The van der Waals surface area contributed by atoms with Crippen molar-refractivity contribution in [3.63, 3.8) is 0 Å². The number of carbonyl (C=O) groups excluding carboxylic acids is 2. The largest absolute Gasteiger partial charge is 0.454 e. The number of carbonyl (C=O) groups is 2. The minimum absolute atomic E-state index is 0.166. The van der Waals surface area contributed by atoms with E-state index in [2.05, 4.69) is 5.32 Å². The average molecular weight is 374 g/mol. The number of halogens is 3. The summed E-state index contributed by atoms with van der Waals surface area (Å²) in [5.74, 6) is -2.32. The maximum absolute atomic E-state index is 12.9. The molecule has 0 fully saturated rings. The molecule has 0 saturated carbocycles. The van der Waals surface area contributed by atoms with Gasteiger partial charge in [-0.2, -0.15) is 13.2 Å². The molecule has 2 aromatic carbocycles. The van der Waals surface area contributed by atoms with Crippen LogP contribution in [0, 0.1) is 13.8 Å². The molecule has 3 aromatic rings. The van der Waals surface area contributed by atoms with Gasteiger partial charge in [0, 0.05) is 22.8 Å². The maximum Gasteiger partial charge on any atom is 0.454 e. The Balaban J connectivity index is 1.89. The SMILES string of the molecule is Cc1ccc(NC(=O)Cn2cc(C(=O)C(F)(F)F)c3ccccc32)cc1C. The molecule has 1 N–H and O–H groups in total. The lowest BCUT2D eigenvalue weighted by atomic mass is 10.1. The van der Waals surface area contributed by atoms with Crippen molar-refractivity contribution in [1.82, 2.24) is 4.57 Å². The van der Waals surface area contributed by atoms with Gasteiger partial charge in [-0.3, -0.25) is 9.59 Å². The Bertz CT molecular complexity index is 1040. The molecule has 1 heterocycles. The number of para-hydroxylation sites is 1. The third-order valence-corrected chi connectivity index (χ3v) is 4.40. The van der Waals surface area contributed by atoms with Gasteiger partial charge >= 0.3 is 6.18 Å². The highest BCUT2D eigenvalue weighted by molar-refractivity contribution is 6.11. The molecular formula is C20H17F3N2O2. The van der Waals surface area contributed by atoms with Gasteiger partial charge in [0.05, 0.1) is 5.56 Å². The highest BCUT2D eigenvalue weighted by Crippen LogP contribution is 2.28. The summed E-state index contributed by atoms with van der Waals surface area (Å²) in [6.45, 7) is 3.66. The Morgan fingerprint density at radius 1 is 1.04 bits per heavy atom. The number of aromatic nitrogens is 1. The highest BCUT2D eigenvalue weighted by atomic mass is 19.4. The minimum Gasteiger partial charge on any atom is -0.337 e. The number of hydrogen-bond acceptors (Lipinski definition) is 2. The predicted molar refractivity (Wildman–Crippen MR) is 96.9 cm³/mol. The second-order valence-corrected chi connectivity index (χ2v) is 6.36. The number of anilines is 1. The van der Waals surface area contributed by atoms with Crippen LogP contribution in [-0.2, 0) is 11.3 Å². The summed E-state index contributed by atoms with van der Waals surface area (Å²) in [6, 6.07) is 11.6. The molecule has 0 bridgehead atoms. The van der Waals surface area contributed by atoms with E-state index in [-0.39, 0.29) is 11.9 Å². The van der Waals surface area contributed by atoms with E-state index >= 15 is 0 Å². The van der Waals surface area contributed by atoms with Crippen molar-refractivity contribution in [3.8, 4) is 0 Å². The quantitative estimate of drug-likeness (QED) is 0.677. The number of ketones is 1. The van der Waals surface area contributed by atoms with E-state index in [0.717, 1.165) is 17.3 Å². The van der Waals surface area contributed by atoms with Gasteiger partial charge in [-0.15, -0.1) is 0 Å². The van der Waals surface area contributed by atoms with E-state index in [9.17, 15) is 22.8 Å². The molecule has 0 atom stereocenters. The summed E-state index contributed by atoms with van der Waals surface area (Å²) >= 11 is 0. The number of benzene rings is 2. The molecule has 0 spiro atoms. The first-order valence-electron chi connectivity index (χ1n) is 8.23. The molecule has 1 aromatic heterocycles. The van der Waals surface area contributed by atoms with Crippen molar-refractivity contribution in [2.45, 2.75) is 26.6 Å². The first kappa shape index (κ1) is 18.7. The number of aryl methyl sites for hydroxylation is 2. The molecule has 1 amide bonds. The number of nitrogens with zero attached hydrogens (tertiary/aromatic N) is 1. The van der Waals surface area contributed by atoms with Crippen molar-refractivity contribution >= 4 is 28.3 Å². The van der Waals surface area contributed by atoms with E-state index in [4.69, 9.17) is 0 Å². The average Bonchev–Trinajstić information content (AvgIpc) is 2.95. The Kier molecular flexibility index (Phi) is 4.78. The molecule has 0 unspecified atom stereocenters. The second kappa shape index (κ2) is 6.90. The lowest BCUT2D eigenvalue weighted by Gasteiger charge is -2.09. The van der Waals surface area contributed by atoms with E-state index in [1.54, 1.807) is 24.3 Å². The van der Waals surface area contributed by atoms with Gasteiger partial charge < -0.3 is 9.88 Å². The minimum atomic E-state index is -4.98. The Hall–Kier alpha value is -3.09. The smallest absolute Gasteiger partial charge is 0.337 e. The summed E-state index contributed by atoms with van der Waals surface area (Å²) in [5.41, 5.74) is 2.63. The number of amides is 1. The van der Waals surface area contributed by atoms with Gasteiger partial charge in [0.25, 0.3) is 5.78 Å². The Morgan fingerprint density at radius 2 is 1.74 bits per heavy atom. The molecule has 0 saturated heterocycles. The molecule has 0 radical (unpaired) electrons. The molecule has 0 aliphatic carbocycles. The molecule has 4 nitrogen and oxygen atoms in total. The molecule has 0 aliphatic heterocycles. The van der Waals surface area contributed by atoms with E-state index < -0.39 is 23.4 Å². The number of fused-ring (bicyclic) bond motifs is 1. The van der Waals surface area contributed by atoms with Crippen LogP contribution in [0.4, 0.5) is 18.9 Å². The lowest BCUT2D eigenvalue weighted by molar-refractivity contribution is -0.116. The lowest BCUT2D eigenvalue weighted by Crippen LogP contribution is -2.22. The molecule has 140 valence electrons. The number of Topliss-reactive ketones (excluding diaryl/α,β-unsaturated/α-hetero) is 1. The number of alkyl halides is 3. The van der Waals surface area contributed by atoms with Crippen molar-refractivity contribution in [3.05, 3.63) is 65.4 Å². The van der Waals surface area contributed by atoms with Crippen LogP contribution in [-0.4, -0.2) is 22.4 Å². The number of rotatable bonds is 4. The Morgan fingerprint density at radius 3 is 2.41 bits per heavy atom. The summed E-state index contributed by atoms with van der Waals surface area (Å²) in [6.07, 6.45) is -3.89. The van der Waals surface area contributed by atoms with Crippen LogP contribution in [0.1, 0.15) is 21.5 Å². The molecule has 3 rings (SSSR count). The summed E-state index contributed by atoms with van der Waals surface area (Å²) in [5, 5.41) is 2.89. The fourth-order valence-corrected chi connectivity index (χ4v) is 2.89. The van der Waals surface area contributed by atoms with Gasteiger partial charge in [-0.05, 0) is 43.2 Å². The molecule has 27 heavy (non-hydrogen) atoms. The zero-order chi connectivity index (χ0) is 19.8. The number of hydrogen-bond donors (Lipinski definition) is 1. The molecular weight excluding hydrogens is 357 g/mol. The van der Waals surface area contributed by atoms with Crippen molar-refractivity contribution in [2.24, 2.45) is 0 Å². The zero-order valence-corrected chi connectivity index (χ0v) is 14.7. The topological polar surface area (TPSA) is 51.1 Å². The third kappa shape index (κ3) is 3.86. The van der Waals surface area contributed by atoms with E-state index in [0.29, 0.717) is 11.2 Å². The zero-order valence-electron chi connectivity index (χ0n) is 14.7. The Labute approximate surface area is 153 Å². The van der Waals surface area contributed by atoms with Crippen LogP contribution in [0.3, 0.4) is 0 Å².